The zero-order chi connectivity index (χ0) is 11.6. The van der Waals surface area contributed by atoms with Gasteiger partial charge in [-0.2, -0.15) is 0 Å². The van der Waals surface area contributed by atoms with E-state index in [1.807, 2.05) is 6.92 Å². The third-order valence-corrected chi connectivity index (χ3v) is 3.21. The average molecular weight is 242 g/mol. The quantitative estimate of drug-likeness (QED) is 0.825. The van der Waals surface area contributed by atoms with Crippen molar-refractivity contribution in [1.29, 1.82) is 0 Å². The SMILES string of the molecule is CCc1c(Cl)ncnc1NC1(C)CCOC1. The lowest BCUT2D eigenvalue weighted by Gasteiger charge is -2.25. The van der Waals surface area contributed by atoms with Crippen LogP contribution in [0.25, 0.3) is 0 Å². The van der Waals surface area contributed by atoms with Crippen molar-refractivity contribution >= 4 is 17.4 Å². The van der Waals surface area contributed by atoms with E-state index in [-0.39, 0.29) is 5.54 Å². The van der Waals surface area contributed by atoms with Gasteiger partial charge in [-0.05, 0) is 19.8 Å². The predicted molar refractivity (Wildman–Crippen MR) is 63.9 cm³/mol. The van der Waals surface area contributed by atoms with Crippen LogP contribution < -0.4 is 5.32 Å². The van der Waals surface area contributed by atoms with Crippen molar-refractivity contribution in [3.05, 3.63) is 17.0 Å². The second-order valence-corrected chi connectivity index (χ2v) is 4.69. The summed E-state index contributed by atoms with van der Waals surface area (Å²) in [6.07, 6.45) is 3.29. The number of aromatic nitrogens is 2. The van der Waals surface area contributed by atoms with Crippen LogP contribution in [0.5, 0.6) is 0 Å². The summed E-state index contributed by atoms with van der Waals surface area (Å²) in [7, 11) is 0. The molecule has 1 aromatic heterocycles. The molecule has 5 heteroatoms. The molecule has 2 rings (SSSR count). The summed E-state index contributed by atoms with van der Waals surface area (Å²) in [5.74, 6) is 0.829. The van der Waals surface area contributed by atoms with E-state index in [1.54, 1.807) is 0 Å². The van der Waals surface area contributed by atoms with E-state index in [0.717, 1.165) is 30.8 Å². The van der Waals surface area contributed by atoms with E-state index in [4.69, 9.17) is 16.3 Å². The second-order valence-electron chi connectivity index (χ2n) is 4.33. The molecule has 0 aliphatic carbocycles. The molecule has 0 radical (unpaired) electrons. The van der Waals surface area contributed by atoms with E-state index < -0.39 is 0 Å². The lowest BCUT2D eigenvalue weighted by molar-refractivity contribution is 0.185. The van der Waals surface area contributed by atoms with Gasteiger partial charge in [-0.25, -0.2) is 9.97 Å². The summed E-state index contributed by atoms with van der Waals surface area (Å²) in [4.78, 5) is 8.25. The zero-order valence-electron chi connectivity index (χ0n) is 9.59. The highest BCUT2D eigenvalue weighted by Gasteiger charge is 2.30. The molecule has 88 valence electrons. The fourth-order valence-electron chi connectivity index (χ4n) is 1.86. The molecule has 1 aliphatic rings. The molecule has 0 saturated carbocycles. The lowest BCUT2D eigenvalue weighted by atomic mass is 10.0. The van der Waals surface area contributed by atoms with Crippen molar-refractivity contribution in [2.75, 3.05) is 18.5 Å². The van der Waals surface area contributed by atoms with Gasteiger partial charge in [0.15, 0.2) is 0 Å². The van der Waals surface area contributed by atoms with Crippen LogP contribution in [0.1, 0.15) is 25.8 Å². The number of hydrogen-bond donors (Lipinski definition) is 1. The van der Waals surface area contributed by atoms with E-state index in [1.165, 1.54) is 6.33 Å². The number of rotatable bonds is 3. The van der Waals surface area contributed by atoms with Gasteiger partial charge < -0.3 is 10.1 Å². The molecule has 16 heavy (non-hydrogen) atoms. The number of halogens is 1. The van der Waals surface area contributed by atoms with Crippen LogP contribution in [-0.4, -0.2) is 28.7 Å². The first-order valence-electron chi connectivity index (χ1n) is 5.50. The molecule has 0 spiro atoms. The van der Waals surface area contributed by atoms with Gasteiger partial charge in [0.25, 0.3) is 0 Å². The number of anilines is 1. The summed E-state index contributed by atoms with van der Waals surface area (Å²) in [5.41, 5.74) is 0.930. The maximum absolute atomic E-state index is 6.04. The highest BCUT2D eigenvalue weighted by Crippen LogP contribution is 2.27. The number of ether oxygens (including phenoxy) is 1. The van der Waals surface area contributed by atoms with Gasteiger partial charge in [0.2, 0.25) is 0 Å². The van der Waals surface area contributed by atoms with Crippen molar-refractivity contribution < 1.29 is 4.74 Å². The molecule has 2 heterocycles. The minimum Gasteiger partial charge on any atom is -0.379 e. The van der Waals surface area contributed by atoms with E-state index in [9.17, 15) is 0 Å². The standard InChI is InChI=1S/C11H16ClN3O/c1-3-8-9(12)13-7-14-10(8)15-11(2)4-5-16-6-11/h7H,3-6H2,1-2H3,(H,13,14,15). The maximum atomic E-state index is 6.04. The summed E-state index contributed by atoms with van der Waals surface area (Å²) in [6, 6.07) is 0. The molecule has 0 aromatic carbocycles. The van der Waals surface area contributed by atoms with Gasteiger partial charge in [0.1, 0.15) is 17.3 Å². The molecule has 0 bridgehead atoms. The fraction of sp³-hybridized carbons (Fsp3) is 0.636. The number of nitrogens with one attached hydrogen (secondary N) is 1. The molecule has 1 atom stereocenters. The molecular formula is C11H16ClN3O. The fourth-order valence-corrected chi connectivity index (χ4v) is 2.13. The second kappa shape index (κ2) is 4.55. The number of hydrogen-bond acceptors (Lipinski definition) is 4. The first-order valence-corrected chi connectivity index (χ1v) is 5.88. The van der Waals surface area contributed by atoms with Crippen molar-refractivity contribution in [3.63, 3.8) is 0 Å². The Labute approximate surface area is 100 Å². The monoisotopic (exact) mass is 241 g/mol. The summed E-state index contributed by atoms with van der Waals surface area (Å²) in [5, 5.41) is 3.95. The van der Waals surface area contributed by atoms with Crippen molar-refractivity contribution in [1.82, 2.24) is 9.97 Å². The van der Waals surface area contributed by atoms with Crippen LogP contribution in [0.3, 0.4) is 0 Å². The van der Waals surface area contributed by atoms with Gasteiger partial charge in [-0.1, -0.05) is 18.5 Å². The third-order valence-electron chi connectivity index (χ3n) is 2.89. The Morgan fingerprint density at radius 3 is 3.00 bits per heavy atom. The van der Waals surface area contributed by atoms with Crippen LogP contribution in [0, 0.1) is 0 Å². The third kappa shape index (κ3) is 2.28. The minimum atomic E-state index is -0.0401. The van der Waals surface area contributed by atoms with E-state index in [0.29, 0.717) is 11.8 Å². The van der Waals surface area contributed by atoms with Gasteiger partial charge in [0, 0.05) is 12.2 Å². The largest absolute Gasteiger partial charge is 0.379 e. The van der Waals surface area contributed by atoms with Crippen LogP contribution in [0.2, 0.25) is 5.15 Å². The Hall–Kier alpha value is -0.870. The van der Waals surface area contributed by atoms with Crippen molar-refractivity contribution in [2.24, 2.45) is 0 Å². The minimum absolute atomic E-state index is 0.0401. The Morgan fingerprint density at radius 2 is 2.38 bits per heavy atom. The molecule has 4 nitrogen and oxygen atoms in total. The summed E-state index contributed by atoms with van der Waals surface area (Å²) < 4.78 is 5.40. The Morgan fingerprint density at radius 1 is 1.56 bits per heavy atom. The van der Waals surface area contributed by atoms with Crippen LogP contribution in [0.4, 0.5) is 5.82 Å². The Balaban J connectivity index is 2.23. The van der Waals surface area contributed by atoms with E-state index in [2.05, 4.69) is 22.2 Å². The molecule has 1 aliphatic heterocycles. The first kappa shape index (κ1) is 11.6. The molecule has 1 unspecified atom stereocenters. The van der Waals surface area contributed by atoms with Crippen molar-refractivity contribution in [3.8, 4) is 0 Å². The highest BCUT2D eigenvalue weighted by atomic mass is 35.5. The molecule has 0 amide bonds. The van der Waals surface area contributed by atoms with Crippen LogP contribution in [0.15, 0.2) is 6.33 Å². The molecular weight excluding hydrogens is 226 g/mol. The van der Waals surface area contributed by atoms with Crippen LogP contribution >= 0.6 is 11.6 Å². The van der Waals surface area contributed by atoms with Crippen LogP contribution in [-0.2, 0) is 11.2 Å². The van der Waals surface area contributed by atoms with E-state index >= 15 is 0 Å². The van der Waals surface area contributed by atoms with Gasteiger partial charge in [-0.3, -0.25) is 0 Å². The van der Waals surface area contributed by atoms with Crippen molar-refractivity contribution in [2.45, 2.75) is 32.2 Å². The highest BCUT2D eigenvalue weighted by molar-refractivity contribution is 6.30. The normalized spacial score (nSPS) is 24.7. The molecule has 1 aromatic rings. The number of nitrogens with zero attached hydrogens (tertiary/aromatic N) is 2. The molecule has 1 N–H and O–H groups in total. The van der Waals surface area contributed by atoms with Gasteiger partial charge in [-0.15, -0.1) is 0 Å². The smallest absolute Gasteiger partial charge is 0.137 e. The summed E-state index contributed by atoms with van der Waals surface area (Å²) >= 11 is 6.04. The Kier molecular flexibility index (Phi) is 3.30. The van der Waals surface area contributed by atoms with Gasteiger partial charge >= 0.3 is 0 Å². The topological polar surface area (TPSA) is 47.0 Å². The Bertz CT molecular complexity index is 377. The maximum Gasteiger partial charge on any atom is 0.137 e. The summed E-state index contributed by atoms with van der Waals surface area (Å²) in [6.45, 7) is 5.68. The first-order chi connectivity index (χ1) is 7.64. The molecule has 1 fully saturated rings. The van der Waals surface area contributed by atoms with Gasteiger partial charge in [0.05, 0.1) is 12.1 Å². The molecule has 1 saturated heterocycles. The lowest BCUT2D eigenvalue weighted by Crippen LogP contribution is -2.35. The zero-order valence-corrected chi connectivity index (χ0v) is 10.3. The predicted octanol–water partition coefficient (Wildman–Crippen LogP) is 2.28. The average Bonchev–Trinajstić information content (AvgIpc) is 2.65.